The number of nitrogens with zero attached hydrogens (tertiary/aromatic N) is 1. The van der Waals surface area contributed by atoms with Crippen molar-refractivity contribution in [2.75, 3.05) is 20.2 Å². The molecule has 0 spiro atoms. The molecule has 0 radical (unpaired) electrons. The standard InChI is InChI=1S/C16H19NO4S/c1-12(14(18)21-3)16-9-15(16,2)10-17(11-16)22(19,20)13-7-5-4-6-8-13/h4-8H,1,9-11H2,2-3H3/t15-,16+/m1/s1. The Morgan fingerprint density at radius 3 is 2.50 bits per heavy atom. The summed E-state index contributed by atoms with van der Waals surface area (Å²) in [5.41, 5.74) is -0.342. The summed E-state index contributed by atoms with van der Waals surface area (Å²) >= 11 is 0. The van der Waals surface area contributed by atoms with E-state index in [1.807, 2.05) is 6.92 Å². The van der Waals surface area contributed by atoms with E-state index in [0.29, 0.717) is 12.1 Å². The largest absolute Gasteiger partial charge is 0.466 e. The predicted molar refractivity (Wildman–Crippen MR) is 81.5 cm³/mol. The van der Waals surface area contributed by atoms with Crippen LogP contribution in [0.5, 0.6) is 0 Å². The average Bonchev–Trinajstić information content (AvgIpc) is 2.99. The molecular weight excluding hydrogens is 302 g/mol. The monoisotopic (exact) mass is 321 g/mol. The van der Waals surface area contributed by atoms with Crippen molar-refractivity contribution in [2.45, 2.75) is 18.2 Å². The number of ether oxygens (including phenoxy) is 1. The van der Waals surface area contributed by atoms with E-state index in [-0.39, 0.29) is 16.9 Å². The van der Waals surface area contributed by atoms with E-state index >= 15 is 0 Å². The number of hydrogen-bond donors (Lipinski definition) is 0. The maximum absolute atomic E-state index is 12.7. The van der Waals surface area contributed by atoms with Gasteiger partial charge in [-0.3, -0.25) is 0 Å². The lowest BCUT2D eigenvalue weighted by atomic mass is 9.90. The van der Waals surface area contributed by atoms with Crippen molar-refractivity contribution >= 4 is 16.0 Å². The van der Waals surface area contributed by atoms with Crippen LogP contribution in [0, 0.1) is 10.8 Å². The van der Waals surface area contributed by atoms with Crippen molar-refractivity contribution in [1.29, 1.82) is 0 Å². The molecule has 0 unspecified atom stereocenters. The molecule has 5 nitrogen and oxygen atoms in total. The first-order chi connectivity index (χ1) is 10.3. The van der Waals surface area contributed by atoms with E-state index in [0.717, 1.165) is 6.42 Å². The van der Waals surface area contributed by atoms with Crippen LogP contribution in [0.1, 0.15) is 13.3 Å². The minimum Gasteiger partial charge on any atom is -0.466 e. The zero-order chi connectivity index (χ0) is 16.2. The smallest absolute Gasteiger partial charge is 0.333 e. The number of carbonyl (C=O) groups excluding carboxylic acids is 1. The van der Waals surface area contributed by atoms with Gasteiger partial charge in [-0.15, -0.1) is 0 Å². The molecule has 1 saturated carbocycles. The summed E-state index contributed by atoms with van der Waals surface area (Å²) in [5, 5.41) is 0. The fraction of sp³-hybridized carbons (Fsp3) is 0.438. The second kappa shape index (κ2) is 4.67. The number of hydrogen-bond acceptors (Lipinski definition) is 4. The van der Waals surface area contributed by atoms with E-state index in [4.69, 9.17) is 4.74 Å². The molecule has 1 saturated heterocycles. The Hall–Kier alpha value is -1.66. The van der Waals surface area contributed by atoms with E-state index < -0.39 is 21.4 Å². The predicted octanol–water partition coefficient (Wildman–Crippen LogP) is 1.82. The highest BCUT2D eigenvalue weighted by atomic mass is 32.2. The molecule has 0 amide bonds. The average molecular weight is 321 g/mol. The van der Waals surface area contributed by atoms with Gasteiger partial charge in [-0.1, -0.05) is 31.7 Å². The molecule has 1 aliphatic carbocycles. The molecule has 0 N–H and O–H groups in total. The van der Waals surface area contributed by atoms with Crippen molar-refractivity contribution in [2.24, 2.45) is 10.8 Å². The van der Waals surface area contributed by atoms with Crippen molar-refractivity contribution < 1.29 is 17.9 Å². The summed E-state index contributed by atoms with van der Waals surface area (Å²) in [5.74, 6) is -0.456. The zero-order valence-corrected chi connectivity index (χ0v) is 13.5. The van der Waals surface area contributed by atoms with Crippen LogP contribution in [0.4, 0.5) is 0 Å². The molecule has 2 aliphatic rings. The van der Waals surface area contributed by atoms with Gasteiger partial charge in [0.1, 0.15) is 0 Å². The summed E-state index contributed by atoms with van der Waals surface area (Å²) in [6.07, 6.45) is 0.773. The van der Waals surface area contributed by atoms with Gasteiger partial charge in [0.05, 0.1) is 12.0 Å². The minimum atomic E-state index is -3.54. The summed E-state index contributed by atoms with van der Waals surface area (Å²) in [6.45, 7) is 6.55. The van der Waals surface area contributed by atoms with Gasteiger partial charge in [-0.05, 0) is 24.0 Å². The van der Waals surface area contributed by atoms with Gasteiger partial charge < -0.3 is 4.74 Å². The molecule has 22 heavy (non-hydrogen) atoms. The number of carbonyl (C=O) groups is 1. The van der Waals surface area contributed by atoms with Crippen LogP contribution < -0.4 is 0 Å². The summed E-state index contributed by atoms with van der Waals surface area (Å²) in [6, 6.07) is 8.36. The van der Waals surface area contributed by atoms with E-state index in [1.54, 1.807) is 30.3 Å². The van der Waals surface area contributed by atoms with E-state index in [2.05, 4.69) is 6.58 Å². The molecule has 1 aromatic rings. The first-order valence-electron chi connectivity index (χ1n) is 7.10. The van der Waals surface area contributed by atoms with Crippen LogP contribution in [0.25, 0.3) is 0 Å². The van der Waals surface area contributed by atoms with Crippen molar-refractivity contribution in [1.82, 2.24) is 4.31 Å². The van der Waals surface area contributed by atoms with Crippen molar-refractivity contribution in [3.8, 4) is 0 Å². The highest BCUT2D eigenvalue weighted by Crippen LogP contribution is 2.71. The number of benzene rings is 1. The second-order valence-corrected chi connectivity index (χ2v) is 8.31. The molecule has 118 valence electrons. The fourth-order valence-electron chi connectivity index (χ4n) is 3.62. The van der Waals surface area contributed by atoms with E-state index in [9.17, 15) is 13.2 Å². The minimum absolute atomic E-state index is 0.236. The maximum atomic E-state index is 12.7. The number of fused-ring (bicyclic) bond motifs is 1. The number of sulfonamides is 1. The molecular formula is C16H19NO4S. The number of methoxy groups -OCH3 is 1. The van der Waals surface area contributed by atoms with Gasteiger partial charge in [-0.25, -0.2) is 13.2 Å². The van der Waals surface area contributed by atoms with Gasteiger partial charge in [0.15, 0.2) is 0 Å². The molecule has 0 bridgehead atoms. The summed E-state index contributed by atoms with van der Waals surface area (Å²) in [4.78, 5) is 12.1. The number of rotatable bonds is 4. The van der Waals surface area contributed by atoms with Gasteiger partial charge in [-0.2, -0.15) is 4.31 Å². The van der Waals surface area contributed by atoms with Crippen LogP contribution in [0.15, 0.2) is 47.4 Å². The second-order valence-electron chi connectivity index (χ2n) is 6.38. The molecule has 1 aliphatic heterocycles. The molecule has 0 aromatic heterocycles. The third-order valence-corrected chi connectivity index (χ3v) is 6.89. The highest BCUT2D eigenvalue weighted by Gasteiger charge is 2.73. The lowest BCUT2D eigenvalue weighted by molar-refractivity contribution is -0.136. The van der Waals surface area contributed by atoms with Crippen LogP contribution in [-0.2, 0) is 19.6 Å². The Bertz CT molecular complexity index is 743. The highest BCUT2D eigenvalue weighted by molar-refractivity contribution is 7.89. The molecule has 1 heterocycles. The van der Waals surface area contributed by atoms with E-state index in [1.165, 1.54) is 11.4 Å². The lowest BCUT2D eigenvalue weighted by Gasteiger charge is -2.21. The zero-order valence-electron chi connectivity index (χ0n) is 12.7. The Labute approximate surface area is 130 Å². The fourth-order valence-corrected chi connectivity index (χ4v) is 5.26. The summed E-state index contributed by atoms with van der Waals surface area (Å²) < 4.78 is 31.7. The van der Waals surface area contributed by atoms with Crippen LogP contribution in [0.2, 0.25) is 0 Å². The van der Waals surface area contributed by atoms with Gasteiger partial charge >= 0.3 is 5.97 Å². The van der Waals surface area contributed by atoms with Gasteiger partial charge in [0.2, 0.25) is 10.0 Å². The third kappa shape index (κ3) is 1.94. The molecule has 2 fully saturated rings. The van der Waals surface area contributed by atoms with Crippen LogP contribution >= 0.6 is 0 Å². The maximum Gasteiger partial charge on any atom is 0.333 e. The SMILES string of the molecule is C=C(C(=O)OC)[C@]12CN(S(=O)(=O)c3ccccc3)C[C@@]1(C)C2. The Kier molecular flexibility index (Phi) is 3.23. The van der Waals surface area contributed by atoms with Crippen LogP contribution in [0.3, 0.4) is 0 Å². The van der Waals surface area contributed by atoms with Crippen LogP contribution in [-0.4, -0.2) is 38.9 Å². The summed E-state index contributed by atoms with van der Waals surface area (Å²) in [7, 11) is -2.23. The first kappa shape index (κ1) is 15.2. The Balaban J connectivity index is 1.90. The Morgan fingerprint density at radius 1 is 1.27 bits per heavy atom. The molecule has 2 atom stereocenters. The molecule has 6 heteroatoms. The molecule has 1 aromatic carbocycles. The first-order valence-corrected chi connectivity index (χ1v) is 8.54. The third-order valence-electron chi connectivity index (χ3n) is 5.08. The van der Waals surface area contributed by atoms with Gasteiger partial charge in [0.25, 0.3) is 0 Å². The number of esters is 1. The van der Waals surface area contributed by atoms with Crippen molar-refractivity contribution in [3.05, 3.63) is 42.5 Å². The number of piperidine rings is 1. The quantitative estimate of drug-likeness (QED) is 0.627. The Morgan fingerprint density at radius 2 is 1.91 bits per heavy atom. The molecule has 3 rings (SSSR count). The lowest BCUT2D eigenvalue weighted by Crippen LogP contribution is -2.33. The normalized spacial score (nSPS) is 30.6. The topological polar surface area (TPSA) is 63.7 Å². The van der Waals surface area contributed by atoms with Gasteiger partial charge in [0, 0.05) is 24.1 Å². The van der Waals surface area contributed by atoms with Crippen molar-refractivity contribution in [3.63, 3.8) is 0 Å².